The highest BCUT2D eigenvalue weighted by atomic mass is 16.2. The maximum Gasteiger partial charge on any atom is 0.246 e. The molecule has 0 aromatic heterocycles. The van der Waals surface area contributed by atoms with Gasteiger partial charge in [-0.15, -0.1) is 0 Å². The van der Waals surface area contributed by atoms with Crippen LogP contribution in [0.25, 0.3) is 0 Å². The van der Waals surface area contributed by atoms with Crippen molar-refractivity contribution < 1.29 is 9.59 Å². The molecule has 4 heteroatoms. The molecule has 0 saturated heterocycles. The lowest BCUT2D eigenvalue weighted by Gasteiger charge is -2.40. The van der Waals surface area contributed by atoms with E-state index in [2.05, 4.69) is 38.0 Å². The normalized spacial score (nSPS) is 23.5. The molecular weight excluding hydrogens is 336 g/mol. The molecule has 1 saturated carbocycles. The third-order valence-corrected chi connectivity index (χ3v) is 5.79. The molecule has 2 N–H and O–H groups in total. The number of carbonyl (C=O) groups is 2. The third-order valence-electron chi connectivity index (χ3n) is 5.79. The molecule has 1 aromatic rings. The Bertz CT molecular complexity index is 658. The smallest absolute Gasteiger partial charge is 0.246 e. The Morgan fingerprint density at radius 2 is 1.78 bits per heavy atom. The van der Waals surface area contributed by atoms with E-state index in [0.717, 1.165) is 37.2 Å². The van der Waals surface area contributed by atoms with Gasteiger partial charge >= 0.3 is 0 Å². The van der Waals surface area contributed by atoms with E-state index in [0.29, 0.717) is 17.9 Å². The molecule has 2 amide bonds. The Morgan fingerprint density at radius 3 is 2.30 bits per heavy atom. The second-order valence-corrected chi connectivity index (χ2v) is 8.63. The molecule has 4 nitrogen and oxygen atoms in total. The number of benzene rings is 1. The van der Waals surface area contributed by atoms with Gasteiger partial charge in [0.25, 0.3) is 0 Å². The molecule has 0 spiro atoms. The van der Waals surface area contributed by atoms with Crippen LogP contribution in [0, 0.1) is 11.8 Å². The molecule has 1 aliphatic rings. The minimum atomic E-state index is -0.601. The van der Waals surface area contributed by atoms with Gasteiger partial charge in [-0.25, -0.2) is 0 Å². The second-order valence-electron chi connectivity index (χ2n) is 8.63. The van der Waals surface area contributed by atoms with Crippen molar-refractivity contribution in [2.45, 2.75) is 71.4 Å². The fourth-order valence-corrected chi connectivity index (χ4v) is 3.79. The third kappa shape index (κ3) is 6.23. The van der Waals surface area contributed by atoms with E-state index in [-0.39, 0.29) is 17.4 Å². The highest BCUT2D eigenvalue weighted by Crippen LogP contribution is 2.35. The van der Waals surface area contributed by atoms with Crippen LogP contribution in [0.5, 0.6) is 0 Å². The van der Waals surface area contributed by atoms with Crippen molar-refractivity contribution in [3.63, 3.8) is 0 Å². The molecule has 1 aliphatic carbocycles. The monoisotopic (exact) mass is 370 g/mol. The Morgan fingerprint density at radius 1 is 1.19 bits per heavy atom. The van der Waals surface area contributed by atoms with E-state index in [1.54, 1.807) is 6.92 Å². The zero-order valence-electron chi connectivity index (χ0n) is 17.2. The molecule has 27 heavy (non-hydrogen) atoms. The SMILES string of the molecule is C=C(C)C(=O)N[C@@H](Cc1ccccc1)C(=O)NC1(C)CCC(C(C)C)CC1. The number of hydrogen-bond acceptors (Lipinski definition) is 2. The van der Waals surface area contributed by atoms with Gasteiger partial charge in [0, 0.05) is 17.5 Å². The Kier molecular flexibility index (Phi) is 7.23. The van der Waals surface area contributed by atoms with Gasteiger partial charge in [-0.3, -0.25) is 9.59 Å². The summed E-state index contributed by atoms with van der Waals surface area (Å²) >= 11 is 0. The molecule has 0 unspecified atom stereocenters. The topological polar surface area (TPSA) is 58.2 Å². The summed E-state index contributed by atoms with van der Waals surface area (Å²) in [5.41, 5.74) is 1.23. The maximum absolute atomic E-state index is 13.0. The summed E-state index contributed by atoms with van der Waals surface area (Å²) in [6.07, 6.45) is 4.70. The summed E-state index contributed by atoms with van der Waals surface area (Å²) in [4.78, 5) is 25.2. The minimum Gasteiger partial charge on any atom is -0.349 e. The highest BCUT2D eigenvalue weighted by molar-refractivity contribution is 5.96. The molecule has 148 valence electrons. The largest absolute Gasteiger partial charge is 0.349 e. The lowest BCUT2D eigenvalue weighted by Crippen LogP contribution is -2.56. The van der Waals surface area contributed by atoms with E-state index < -0.39 is 6.04 Å². The van der Waals surface area contributed by atoms with Gasteiger partial charge in [0.1, 0.15) is 6.04 Å². The van der Waals surface area contributed by atoms with Crippen molar-refractivity contribution in [1.29, 1.82) is 0 Å². The van der Waals surface area contributed by atoms with Crippen LogP contribution in [0.1, 0.15) is 58.9 Å². The van der Waals surface area contributed by atoms with Crippen molar-refractivity contribution in [2.75, 3.05) is 0 Å². The first-order chi connectivity index (χ1) is 12.7. The predicted molar refractivity (Wildman–Crippen MR) is 110 cm³/mol. The number of amides is 2. The summed E-state index contributed by atoms with van der Waals surface area (Å²) in [5, 5.41) is 6.08. The molecule has 0 bridgehead atoms. The van der Waals surface area contributed by atoms with Gasteiger partial charge in [0.05, 0.1) is 0 Å². The number of hydrogen-bond donors (Lipinski definition) is 2. The lowest BCUT2D eigenvalue weighted by molar-refractivity contribution is -0.129. The van der Waals surface area contributed by atoms with Gasteiger partial charge in [0.15, 0.2) is 0 Å². The summed E-state index contributed by atoms with van der Waals surface area (Å²) in [6.45, 7) is 12.0. The zero-order chi connectivity index (χ0) is 20.0. The summed E-state index contributed by atoms with van der Waals surface area (Å²) < 4.78 is 0. The van der Waals surface area contributed by atoms with Crippen molar-refractivity contribution in [2.24, 2.45) is 11.8 Å². The van der Waals surface area contributed by atoms with Crippen molar-refractivity contribution >= 4 is 11.8 Å². The van der Waals surface area contributed by atoms with Crippen LogP contribution >= 0.6 is 0 Å². The quantitative estimate of drug-likeness (QED) is 0.713. The highest BCUT2D eigenvalue weighted by Gasteiger charge is 2.35. The zero-order valence-corrected chi connectivity index (χ0v) is 17.2. The van der Waals surface area contributed by atoms with Gasteiger partial charge in [-0.1, -0.05) is 50.8 Å². The van der Waals surface area contributed by atoms with Crippen LogP contribution in [-0.4, -0.2) is 23.4 Å². The molecule has 1 atom stereocenters. The first kappa shape index (κ1) is 21.2. The van der Waals surface area contributed by atoms with Gasteiger partial charge < -0.3 is 10.6 Å². The van der Waals surface area contributed by atoms with Crippen LogP contribution in [-0.2, 0) is 16.0 Å². The standard InChI is InChI=1S/C23H34N2O2/c1-16(2)19-11-13-23(5,14-12-19)25-22(27)20(24-21(26)17(3)4)15-18-9-7-6-8-10-18/h6-10,16,19-20H,3,11-15H2,1-2,4-5H3,(H,24,26)(H,25,27)/t19?,20-,23?/m0/s1. The molecule has 0 aliphatic heterocycles. The molecule has 1 fully saturated rings. The minimum absolute atomic E-state index is 0.112. The number of carbonyl (C=O) groups excluding carboxylic acids is 2. The average Bonchev–Trinajstić information content (AvgIpc) is 2.61. The fraction of sp³-hybridized carbons (Fsp3) is 0.565. The van der Waals surface area contributed by atoms with E-state index in [1.807, 2.05) is 30.3 Å². The molecule has 2 rings (SSSR count). The van der Waals surface area contributed by atoms with E-state index in [4.69, 9.17) is 0 Å². The van der Waals surface area contributed by atoms with Crippen LogP contribution in [0.2, 0.25) is 0 Å². The van der Waals surface area contributed by atoms with Crippen LogP contribution in [0.4, 0.5) is 0 Å². The lowest BCUT2D eigenvalue weighted by atomic mass is 9.73. The fourth-order valence-electron chi connectivity index (χ4n) is 3.79. The predicted octanol–water partition coefficient (Wildman–Crippen LogP) is 4.01. The average molecular weight is 371 g/mol. The second kappa shape index (κ2) is 9.20. The molecule has 0 heterocycles. The molecule has 0 radical (unpaired) electrons. The Hall–Kier alpha value is -2.10. The van der Waals surface area contributed by atoms with Crippen LogP contribution in [0.15, 0.2) is 42.5 Å². The first-order valence-corrected chi connectivity index (χ1v) is 10.0. The van der Waals surface area contributed by atoms with E-state index in [9.17, 15) is 9.59 Å². The van der Waals surface area contributed by atoms with Crippen molar-refractivity contribution in [3.05, 3.63) is 48.0 Å². The first-order valence-electron chi connectivity index (χ1n) is 10.0. The van der Waals surface area contributed by atoms with E-state index in [1.165, 1.54) is 0 Å². The number of rotatable bonds is 7. The van der Waals surface area contributed by atoms with Crippen LogP contribution < -0.4 is 10.6 Å². The van der Waals surface area contributed by atoms with Crippen molar-refractivity contribution in [1.82, 2.24) is 10.6 Å². The van der Waals surface area contributed by atoms with Gasteiger partial charge in [0.2, 0.25) is 11.8 Å². The molecular formula is C23H34N2O2. The molecule has 1 aromatic carbocycles. The number of nitrogens with one attached hydrogen (secondary N) is 2. The van der Waals surface area contributed by atoms with Gasteiger partial charge in [-0.05, 0) is 56.9 Å². The Labute approximate surface area is 163 Å². The summed E-state index contributed by atoms with van der Waals surface area (Å²) in [7, 11) is 0. The van der Waals surface area contributed by atoms with Crippen LogP contribution in [0.3, 0.4) is 0 Å². The Balaban J connectivity index is 2.06. The van der Waals surface area contributed by atoms with Crippen molar-refractivity contribution in [3.8, 4) is 0 Å². The van der Waals surface area contributed by atoms with E-state index >= 15 is 0 Å². The summed E-state index contributed by atoms with van der Waals surface area (Å²) in [6, 6.07) is 9.18. The summed E-state index contributed by atoms with van der Waals surface area (Å²) in [5.74, 6) is 1.03. The van der Waals surface area contributed by atoms with Gasteiger partial charge in [-0.2, -0.15) is 0 Å². The maximum atomic E-state index is 13.0.